The number of hydrogen-bond donors (Lipinski definition) is 1. The van der Waals surface area contributed by atoms with Gasteiger partial charge in [-0.25, -0.2) is 9.78 Å². The van der Waals surface area contributed by atoms with Crippen LogP contribution in [0.5, 0.6) is 0 Å². The summed E-state index contributed by atoms with van der Waals surface area (Å²) >= 11 is 1.31. The first-order chi connectivity index (χ1) is 15.6. The van der Waals surface area contributed by atoms with Gasteiger partial charge in [-0.3, -0.25) is 14.9 Å². The molecule has 172 valence electrons. The Morgan fingerprint density at radius 2 is 1.88 bits per heavy atom. The number of nitro groups is 1. The van der Waals surface area contributed by atoms with Crippen LogP contribution >= 0.6 is 11.3 Å². The third-order valence-corrected chi connectivity index (χ3v) is 5.73. The van der Waals surface area contributed by atoms with Crippen LogP contribution in [0.25, 0.3) is 0 Å². The van der Waals surface area contributed by atoms with Gasteiger partial charge in [-0.2, -0.15) is 0 Å². The molecule has 33 heavy (non-hydrogen) atoms. The Hall–Kier alpha value is -3.59. The summed E-state index contributed by atoms with van der Waals surface area (Å²) in [5, 5.41) is 16.6. The Kier molecular flexibility index (Phi) is 7.55. The summed E-state index contributed by atoms with van der Waals surface area (Å²) in [6, 6.07) is 14.0. The molecule has 1 N–H and O–H groups in total. The zero-order valence-corrected chi connectivity index (χ0v) is 19.5. The second kappa shape index (κ2) is 10.4. The molecule has 0 atom stereocenters. The lowest BCUT2D eigenvalue weighted by Crippen LogP contribution is -2.24. The van der Waals surface area contributed by atoms with Gasteiger partial charge in [0.2, 0.25) is 5.91 Å². The molecule has 0 aliphatic heterocycles. The Morgan fingerprint density at radius 3 is 2.55 bits per heavy atom. The Morgan fingerprint density at radius 1 is 1.15 bits per heavy atom. The van der Waals surface area contributed by atoms with Gasteiger partial charge in [0.05, 0.1) is 22.6 Å². The van der Waals surface area contributed by atoms with Gasteiger partial charge in [0, 0.05) is 23.6 Å². The molecule has 0 aliphatic rings. The molecule has 0 fully saturated rings. The highest BCUT2D eigenvalue weighted by atomic mass is 32.1. The lowest BCUT2D eigenvalue weighted by molar-refractivity contribution is -0.386. The maximum atomic E-state index is 12.4. The van der Waals surface area contributed by atoms with Crippen molar-refractivity contribution in [3.8, 4) is 0 Å². The van der Waals surface area contributed by atoms with Gasteiger partial charge in [-0.05, 0) is 17.0 Å². The molecule has 0 bridgehead atoms. The highest BCUT2D eigenvalue weighted by Gasteiger charge is 2.26. The standard InChI is InChI=1S/C24H25N3O5S/c1-24(2,3)19-10-9-17(11-20(19)27(30)31)23(29)32-14-18-15-33-22(26-18)12-21(28)25-13-16-7-5-4-6-8-16/h4-11,15H,12-14H2,1-3H3,(H,25,28). The molecular weight excluding hydrogens is 442 g/mol. The number of nitrogens with one attached hydrogen (secondary N) is 1. The second-order valence-corrected chi connectivity index (χ2v) is 9.43. The molecule has 0 saturated heterocycles. The van der Waals surface area contributed by atoms with Gasteiger partial charge in [0.25, 0.3) is 5.69 Å². The Bertz CT molecular complexity index is 1150. The number of esters is 1. The summed E-state index contributed by atoms with van der Waals surface area (Å²) in [6.07, 6.45) is 0.131. The van der Waals surface area contributed by atoms with Crippen molar-refractivity contribution in [1.82, 2.24) is 10.3 Å². The fourth-order valence-corrected chi connectivity index (χ4v) is 3.94. The van der Waals surface area contributed by atoms with Crippen molar-refractivity contribution in [3.63, 3.8) is 0 Å². The highest BCUT2D eigenvalue weighted by molar-refractivity contribution is 7.09. The normalized spacial score (nSPS) is 11.1. The number of rotatable bonds is 8. The largest absolute Gasteiger partial charge is 0.456 e. The van der Waals surface area contributed by atoms with E-state index in [1.807, 2.05) is 51.1 Å². The van der Waals surface area contributed by atoms with Crippen molar-refractivity contribution in [2.24, 2.45) is 0 Å². The molecule has 8 nitrogen and oxygen atoms in total. The number of carbonyl (C=O) groups excluding carboxylic acids is 2. The molecule has 1 aromatic heterocycles. The van der Waals surface area contributed by atoms with E-state index in [1.54, 1.807) is 11.4 Å². The van der Waals surface area contributed by atoms with E-state index >= 15 is 0 Å². The number of nitrogens with zero attached hydrogens (tertiary/aromatic N) is 2. The topological polar surface area (TPSA) is 111 Å². The highest BCUT2D eigenvalue weighted by Crippen LogP contribution is 2.32. The molecule has 3 aromatic rings. The molecule has 0 unspecified atom stereocenters. The number of amides is 1. The summed E-state index contributed by atoms with van der Waals surface area (Å²) in [6.45, 7) is 5.96. The maximum Gasteiger partial charge on any atom is 0.338 e. The summed E-state index contributed by atoms with van der Waals surface area (Å²) in [5.74, 6) is -0.822. The summed E-state index contributed by atoms with van der Waals surface area (Å²) in [7, 11) is 0. The number of thiazole rings is 1. The van der Waals surface area contributed by atoms with Crippen LogP contribution in [0.15, 0.2) is 53.9 Å². The summed E-state index contributed by atoms with van der Waals surface area (Å²) < 4.78 is 5.28. The first-order valence-corrected chi connectivity index (χ1v) is 11.2. The van der Waals surface area contributed by atoms with E-state index in [-0.39, 0.29) is 30.2 Å². The van der Waals surface area contributed by atoms with Crippen LogP contribution in [0.1, 0.15) is 53.0 Å². The SMILES string of the molecule is CC(C)(C)c1ccc(C(=O)OCc2csc(CC(=O)NCc3ccccc3)n2)cc1[N+](=O)[O-]. The summed E-state index contributed by atoms with van der Waals surface area (Å²) in [4.78, 5) is 39.9. The van der Waals surface area contributed by atoms with E-state index in [0.717, 1.165) is 5.56 Å². The fourth-order valence-electron chi connectivity index (χ4n) is 3.16. The third kappa shape index (κ3) is 6.69. The van der Waals surface area contributed by atoms with Crippen LogP contribution in [-0.4, -0.2) is 21.8 Å². The van der Waals surface area contributed by atoms with E-state index in [2.05, 4.69) is 10.3 Å². The molecule has 3 rings (SSSR count). The van der Waals surface area contributed by atoms with Crippen molar-refractivity contribution < 1.29 is 19.2 Å². The number of benzene rings is 2. The monoisotopic (exact) mass is 467 g/mol. The van der Waals surface area contributed by atoms with Gasteiger partial charge in [0.1, 0.15) is 11.6 Å². The van der Waals surface area contributed by atoms with Gasteiger partial charge in [0.15, 0.2) is 0 Å². The fraction of sp³-hybridized carbons (Fsp3) is 0.292. The molecule has 0 aliphatic carbocycles. The van der Waals surface area contributed by atoms with Crippen molar-refractivity contribution in [2.75, 3.05) is 0 Å². The van der Waals surface area contributed by atoms with Crippen molar-refractivity contribution in [1.29, 1.82) is 0 Å². The van der Waals surface area contributed by atoms with E-state index in [0.29, 0.717) is 22.8 Å². The Labute approximate surface area is 195 Å². The molecule has 2 aromatic carbocycles. The van der Waals surface area contributed by atoms with Gasteiger partial charge in [-0.15, -0.1) is 11.3 Å². The van der Waals surface area contributed by atoms with E-state index in [1.165, 1.54) is 23.5 Å². The zero-order valence-electron chi connectivity index (χ0n) is 18.7. The molecule has 0 saturated carbocycles. The van der Waals surface area contributed by atoms with Crippen LogP contribution in [-0.2, 0) is 34.5 Å². The quantitative estimate of drug-likeness (QED) is 0.295. The van der Waals surface area contributed by atoms with Crippen LogP contribution in [0.3, 0.4) is 0 Å². The minimum atomic E-state index is -0.672. The van der Waals surface area contributed by atoms with E-state index < -0.39 is 16.3 Å². The lowest BCUT2D eigenvalue weighted by atomic mass is 9.85. The average Bonchev–Trinajstić information content (AvgIpc) is 3.22. The molecule has 1 amide bonds. The number of nitro benzene ring substituents is 1. The van der Waals surface area contributed by atoms with Crippen LogP contribution in [0.2, 0.25) is 0 Å². The first-order valence-electron chi connectivity index (χ1n) is 10.3. The van der Waals surface area contributed by atoms with Crippen molar-refractivity contribution >= 4 is 28.9 Å². The predicted octanol–water partition coefficient (Wildman–Crippen LogP) is 4.56. The third-order valence-electron chi connectivity index (χ3n) is 4.83. The molecular formula is C24H25N3O5S. The van der Waals surface area contributed by atoms with Gasteiger partial charge >= 0.3 is 5.97 Å². The average molecular weight is 468 g/mol. The van der Waals surface area contributed by atoms with Gasteiger partial charge in [-0.1, -0.05) is 57.2 Å². The minimum absolute atomic E-state index is 0.0875. The summed E-state index contributed by atoms with van der Waals surface area (Å²) in [5.41, 5.74) is 1.61. The molecule has 9 heteroatoms. The molecule has 1 heterocycles. The maximum absolute atomic E-state index is 12.4. The lowest BCUT2D eigenvalue weighted by Gasteiger charge is -2.19. The van der Waals surface area contributed by atoms with Crippen LogP contribution in [0, 0.1) is 10.1 Å². The second-order valence-electron chi connectivity index (χ2n) is 8.49. The smallest absolute Gasteiger partial charge is 0.338 e. The zero-order chi connectivity index (χ0) is 24.0. The number of aromatic nitrogens is 1. The Balaban J connectivity index is 1.55. The number of carbonyl (C=O) groups is 2. The van der Waals surface area contributed by atoms with Crippen molar-refractivity contribution in [3.05, 3.63) is 91.4 Å². The van der Waals surface area contributed by atoms with Crippen LogP contribution < -0.4 is 5.32 Å². The molecule has 0 spiro atoms. The predicted molar refractivity (Wildman–Crippen MR) is 125 cm³/mol. The van der Waals surface area contributed by atoms with Gasteiger partial charge < -0.3 is 10.1 Å². The number of hydrogen-bond acceptors (Lipinski definition) is 7. The van der Waals surface area contributed by atoms with Crippen LogP contribution in [0.4, 0.5) is 5.69 Å². The number of ether oxygens (including phenoxy) is 1. The van der Waals surface area contributed by atoms with Crippen molar-refractivity contribution in [2.45, 2.75) is 45.8 Å². The first kappa shape index (κ1) is 24.1. The molecule has 0 radical (unpaired) electrons. The van der Waals surface area contributed by atoms with E-state index in [4.69, 9.17) is 4.74 Å². The minimum Gasteiger partial charge on any atom is -0.456 e. The van der Waals surface area contributed by atoms with E-state index in [9.17, 15) is 19.7 Å².